The summed E-state index contributed by atoms with van der Waals surface area (Å²) in [6, 6.07) is 0.349. The van der Waals surface area contributed by atoms with E-state index >= 15 is 0 Å². The molecule has 0 bridgehead atoms. The Balaban J connectivity index is 4.89. The minimum Gasteiger partial charge on any atom is -0.297 e. The first-order valence-electron chi connectivity index (χ1n) is 6.70. The molecule has 3 N–H and O–H groups in total. The molecule has 0 aromatic heterocycles. The monoisotopic (exact) mass is 229 g/mol. The summed E-state index contributed by atoms with van der Waals surface area (Å²) < 4.78 is 0. The van der Waals surface area contributed by atoms with Crippen molar-refractivity contribution in [1.82, 2.24) is 10.3 Å². The lowest BCUT2D eigenvalue weighted by Crippen LogP contribution is -2.62. The number of hydrazine groups is 1. The second-order valence-electron chi connectivity index (χ2n) is 5.05. The van der Waals surface area contributed by atoms with Crippen LogP contribution in [0.1, 0.15) is 54.4 Å². The molecule has 0 aromatic rings. The predicted octanol–water partition coefficient (Wildman–Crippen LogP) is 2.37. The Morgan fingerprint density at radius 1 is 1.06 bits per heavy atom. The molecule has 98 valence electrons. The van der Waals surface area contributed by atoms with Gasteiger partial charge in [-0.25, -0.2) is 0 Å². The van der Waals surface area contributed by atoms with Gasteiger partial charge in [0.1, 0.15) is 0 Å². The molecule has 0 aliphatic rings. The van der Waals surface area contributed by atoms with Crippen molar-refractivity contribution in [2.75, 3.05) is 13.1 Å². The normalized spacial score (nSPS) is 14.8. The van der Waals surface area contributed by atoms with Crippen LogP contribution in [0.3, 0.4) is 0 Å². The van der Waals surface area contributed by atoms with Crippen LogP contribution in [0.4, 0.5) is 0 Å². The standard InChI is InChI=1S/C13H31N3/c1-7-11(8-2)12(15-14)13(5,6)16(9-3)10-4/h11-12,15H,7-10,14H2,1-6H3. The molecule has 0 radical (unpaired) electrons. The fourth-order valence-electron chi connectivity index (χ4n) is 2.91. The van der Waals surface area contributed by atoms with E-state index < -0.39 is 0 Å². The molecule has 16 heavy (non-hydrogen) atoms. The highest BCUT2D eigenvalue weighted by molar-refractivity contribution is 4.95. The number of hydrogen-bond donors (Lipinski definition) is 2. The molecule has 1 unspecified atom stereocenters. The predicted molar refractivity (Wildman–Crippen MR) is 72.2 cm³/mol. The van der Waals surface area contributed by atoms with E-state index in [2.05, 4.69) is 51.9 Å². The molecule has 0 aromatic carbocycles. The Kier molecular flexibility index (Phi) is 7.20. The molecular weight excluding hydrogens is 198 g/mol. The van der Waals surface area contributed by atoms with Gasteiger partial charge < -0.3 is 0 Å². The second-order valence-corrected chi connectivity index (χ2v) is 5.05. The summed E-state index contributed by atoms with van der Waals surface area (Å²) in [5.74, 6) is 6.42. The van der Waals surface area contributed by atoms with Crippen molar-refractivity contribution >= 4 is 0 Å². The van der Waals surface area contributed by atoms with Gasteiger partial charge in [-0.2, -0.15) is 0 Å². The molecule has 0 heterocycles. The van der Waals surface area contributed by atoms with E-state index in [1.165, 1.54) is 12.8 Å². The van der Waals surface area contributed by atoms with E-state index in [0.29, 0.717) is 12.0 Å². The van der Waals surface area contributed by atoms with Crippen LogP contribution < -0.4 is 11.3 Å². The zero-order chi connectivity index (χ0) is 12.8. The largest absolute Gasteiger partial charge is 0.297 e. The van der Waals surface area contributed by atoms with Gasteiger partial charge in [-0.1, -0.05) is 40.5 Å². The zero-order valence-electron chi connectivity index (χ0n) is 12.0. The topological polar surface area (TPSA) is 41.3 Å². The summed E-state index contributed by atoms with van der Waals surface area (Å²) in [6.45, 7) is 15.7. The van der Waals surface area contributed by atoms with Gasteiger partial charge in [0.2, 0.25) is 0 Å². The van der Waals surface area contributed by atoms with Crippen molar-refractivity contribution in [3.63, 3.8) is 0 Å². The van der Waals surface area contributed by atoms with Gasteiger partial charge in [-0.05, 0) is 32.9 Å². The zero-order valence-corrected chi connectivity index (χ0v) is 12.0. The van der Waals surface area contributed by atoms with Crippen molar-refractivity contribution in [2.45, 2.75) is 66.0 Å². The Morgan fingerprint density at radius 3 is 1.75 bits per heavy atom. The lowest BCUT2D eigenvalue weighted by Gasteiger charge is -2.46. The summed E-state index contributed by atoms with van der Waals surface area (Å²) in [7, 11) is 0. The molecule has 0 aliphatic heterocycles. The maximum absolute atomic E-state index is 5.78. The first-order valence-corrected chi connectivity index (χ1v) is 6.70. The van der Waals surface area contributed by atoms with Crippen LogP contribution in [0.15, 0.2) is 0 Å². The molecule has 3 nitrogen and oxygen atoms in total. The number of likely N-dealkylation sites (N-methyl/N-ethyl adjacent to an activating group) is 1. The van der Waals surface area contributed by atoms with Crippen LogP contribution in [0.5, 0.6) is 0 Å². The van der Waals surface area contributed by atoms with Crippen LogP contribution in [0.25, 0.3) is 0 Å². The lowest BCUT2D eigenvalue weighted by atomic mass is 9.80. The summed E-state index contributed by atoms with van der Waals surface area (Å²) in [6.07, 6.45) is 2.35. The third kappa shape index (κ3) is 3.44. The number of hydrogen-bond acceptors (Lipinski definition) is 3. The lowest BCUT2D eigenvalue weighted by molar-refractivity contribution is 0.0623. The number of nitrogens with zero attached hydrogens (tertiary/aromatic N) is 1. The Morgan fingerprint density at radius 2 is 1.50 bits per heavy atom. The van der Waals surface area contributed by atoms with Crippen LogP contribution in [0.2, 0.25) is 0 Å². The summed E-state index contributed by atoms with van der Waals surface area (Å²) in [4.78, 5) is 2.48. The SMILES string of the molecule is CCC(CC)C(NN)C(C)(C)N(CC)CC. The average Bonchev–Trinajstić information content (AvgIpc) is 2.26. The Hall–Kier alpha value is -0.120. The van der Waals surface area contributed by atoms with E-state index in [0.717, 1.165) is 13.1 Å². The van der Waals surface area contributed by atoms with Gasteiger partial charge in [0.25, 0.3) is 0 Å². The molecule has 1 atom stereocenters. The highest BCUT2D eigenvalue weighted by Gasteiger charge is 2.36. The first-order chi connectivity index (χ1) is 7.49. The number of rotatable bonds is 8. The van der Waals surface area contributed by atoms with Crippen LogP contribution in [0, 0.1) is 5.92 Å². The Bertz CT molecular complexity index is 172. The van der Waals surface area contributed by atoms with E-state index in [-0.39, 0.29) is 5.54 Å². The highest BCUT2D eigenvalue weighted by Crippen LogP contribution is 2.27. The van der Waals surface area contributed by atoms with Crippen molar-refractivity contribution < 1.29 is 0 Å². The maximum atomic E-state index is 5.78. The van der Waals surface area contributed by atoms with Gasteiger partial charge in [0, 0.05) is 11.6 Å². The molecule has 3 heteroatoms. The van der Waals surface area contributed by atoms with Gasteiger partial charge in [-0.3, -0.25) is 16.2 Å². The van der Waals surface area contributed by atoms with Crippen LogP contribution in [-0.4, -0.2) is 29.6 Å². The molecule has 0 rings (SSSR count). The second kappa shape index (κ2) is 7.25. The Labute approximate surface area is 102 Å². The minimum absolute atomic E-state index is 0.106. The van der Waals surface area contributed by atoms with Crippen molar-refractivity contribution in [1.29, 1.82) is 0 Å². The number of nitrogens with one attached hydrogen (secondary N) is 1. The van der Waals surface area contributed by atoms with E-state index in [9.17, 15) is 0 Å². The van der Waals surface area contributed by atoms with Crippen molar-refractivity contribution in [3.05, 3.63) is 0 Å². The molecule has 0 aliphatic carbocycles. The van der Waals surface area contributed by atoms with E-state index in [4.69, 9.17) is 5.84 Å². The molecular formula is C13H31N3. The molecule has 0 fully saturated rings. The number of nitrogens with two attached hydrogens (primary N) is 1. The van der Waals surface area contributed by atoms with Crippen molar-refractivity contribution in [3.8, 4) is 0 Å². The smallest absolute Gasteiger partial charge is 0.0417 e. The average molecular weight is 229 g/mol. The molecule has 0 amide bonds. The first kappa shape index (κ1) is 15.9. The fourth-order valence-corrected chi connectivity index (χ4v) is 2.91. The maximum Gasteiger partial charge on any atom is 0.0417 e. The fraction of sp³-hybridized carbons (Fsp3) is 1.00. The van der Waals surface area contributed by atoms with Crippen molar-refractivity contribution in [2.24, 2.45) is 11.8 Å². The summed E-state index contributed by atoms with van der Waals surface area (Å²) in [5, 5.41) is 0. The van der Waals surface area contributed by atoms with Gasteiger partial charge in [0.05, 0.1) is 0 Å². The highest BCUT2D eigenvalue weighted by atomic mass is 15.3. The van der Waals surface area contributed by atoms with Gasteiger partial charge in [-0.15, -0.1) is 0 Å². The van der Waals surface area contributed by atoms with Crippen LogP contribution in [-0.2, 0) is 0 Å². The molecule has 0 saturated heterocycles. The van der Waals surface area contributed by atoms with Gasteiger partial charge in [0.15, 0.2) is 0 Å². The van der Waals surface area contributed by atoms with Crippen LogP contribution >= 0.6 is 0 Å². The third-order valence-electron chi connectivity index (χ3n) is 4.04. The molecule has 0 spiro atoms. The quantitative estimate of drug-likeness (QED) is 0.496. The summed E-state index contributed by atoms with van der Waals surface area (Å²) in [5.41, 5.74) is 3.16. The molecule has 0 saturated carbocycles. The summed E-state index contributed by atoms with van der Waals surface area (Å²) >= 11 is 0. The van der Waals surface area contributed by atoms with E-state index in [1.54, 1.807) is 0 Å². The third-order valence-corrected chi connectivity index (χ3v) is 4.04. The minimum atomic E-state index is 0.106. The van der Waals surface area contributed by atoms with E-state index in [1.807, 2.05) is 0 Å². The van der Waals surface area contributed by atoms with Gasteiger partial charge >= 0.3 is 0 Å².